The van der Waals surface area contributed by atoms with E-state index >= 15 is 0 Å². The van der Waals surface area contributed by atoms with Gasteiger partial charge in [-0.3, -0.25) is 4.79 Å². The maximum absolute atomic E-state index is 12.3. The summed E-state index contributed by atoms with van der Waals surface area (Å²) in [5.41, 5.74) is -0.0851. The molecule has 1 saturated heterocycles. The van der Waals surface area contributed by atoms with Gasteiger partial charge in [0.05, 0.1) is 11.5 Å². The summed E-state index contributed by atoms with van der Waals surface area (Å²) in [5, 5.41) is 3.50. The Morgan fingerprint density at radius 2 is 2.09 bits per heavy atom. The first-order valence-electron chi connectivity index (χ1n) is 8.10. The lowest BCUT2D eigenvalue weighted by Crippen LogP contribution is -2.25. The zero-order chi connectivity index (χ0) is 15.6. The lowest BCUT2D eigenvalue weighted by Gasteiger charge is -2.23. The minimum Gasteiger partial charge on any atom is -0.490 e. The third kappa shape index (κ3) is 2.70. The van der Waals surface area contributed by atoms with Gasteiger partial charge in [-0.15, -0.1) is 0 Å². The molecule has 4 heteroatoms. The highest BCUT2D eigenvalue weighted by atomic mass is 16.5. The highest BCUT2D eigenvalue weighted by Gasteiger charge is 2.16. The molecule has 0 aliphatic carbocycles. The number of hydrogen-bond acceptors (Lipinski definition) is 3. The van der Waals surface area contributed by atoms with E-state index in [1.807, 2.05) is 36.4 Å². The van der Waals surface area contributed by atoms with Gasteiger partial charge in [-0.05, 0) is 42.2 Å². The van der Waals surface area contributed by atoms with Gasteiger partial charge in [-0.2, -0.15) is 0 Å². The molecule has 4 rings (SSSR count). The molecule has 0 amide bonds. The van der Waals surface area contributed by atoms with Crippen molar-refractivity contribution in [3.8, 4) is 5.75 Å². The molecule has 0 radical (unpaired) electrons. The number of hydrogen-bond donors (Lipinski definition) is 1. The quantitative estimate of drug-likeness (QED) is 0.752. The number of aromatic amines is 1. The van der Waals surface area contributed by atoms with Crippen LogP contribution in [0.4, 0.5) is 0 Å². The summed E-state index contributed by atoms with van der Waals surface area (Å²) < 4.78 is 11.8. The van der Waals surface area contributed by atoms with Crippen molar-refractivity contribution >= 4 is 21.5 Å². The fourth-order valence-corrected chi connectivity index (χ4v) is 3.26. The van der Waals surface area contributed by atoms with Crippen molar-refractivity contribution in [3.63, 3.8) is 0 Å². The molecule has 3 aromatic rings. The molecular formula is C19H19NO3. The van der Waals surface area contributed by atoms with Gasteiger partial charge in [0.15, 0.2) is 0 Å². The van der Waals surface area contributed by atoms with Crippen LogP contribution in [-0.4, -0.2) is 24.3 Å². The van der Waals surface area contributed by atoms with Crippen LogP contribution >= 0.6 is 0 Å². The molecule has 2 heterocycles. The number of benzene rings is 2. The van der Waals surface area contributed by atoms with E-state index < -0.39 is 0 Å². The molecule has 1 atom stereocenters. The van der Waals surface area contributed by atoms with Crippen LogP contribution in [0.1, 0.15) is 19.3 Å². The molecule has 0 bridgehead atoms. The zero-order valence-electron chi connectivity index (χ0n) is 12.9. The first-order chi connectivity index (χ1) is 11.3. The van der Waals surface area contributed by atoms with E-state index in [0.717, 1.165) is 41.4 Å². The molecule has 2 aromatic carbocycles. The van der Waals surface area contributed by atoms with Crippen LogP contribution in [0, 0.1) is 0 Å². The molecule has 23 heavy (non-hydrogen) atoms. The third-order valence-electron chi connectivity index (χ3n) is 4.44. The Kier molecular flexibility index (Phi) is 3.75. The number of H-pyrrole nitrogens is 1. The van der Waals surface area contributed by atoms with Crippen LogP contribution in [-0.2, 0) is 4.74 Å². The van der Waals surface area contributed by atoms with Crippen molar-refractivity contribution in [2.75, 3.05) is 13.2 Å². The van der Waals surface area contributed by atoms with E-state index in [0.29, 0.717) is 12.0 Å². The summed E-state index contributed by atoms with van der Waals surface area (Å²) in [6.45, 7) is 1.34. The maximum atomic E-state index is 12.3. The summed E-state index contributed by atoms with van der Waals surface area (Å²) >= 11 is 0. The summed E-state index contributed by atoms with van der Waals surface area (Å²) in [6, 6.07) is 11.8. The van der Waals surface area contributed by atoms with Crippen molar-refractivity contribution in [1.82, 2.24) is 4.98 Å². The molecule has 4 nitrogen and oxygen atoms in total. The molecule has 118 valence electrons. The average Bonchev–Trinajstić information content (AvgIpc) is 2.60. The lowest BCUT2D eigenvalue weighted by molar-refractivity contribution is -0.0107. The summed E-state index contributed by atoms with van der Waals surface area (Å²) in [7, 11) is 0. The average molecular weight is 309 g/mol. The molecular weight excluding hydrogens is 290 g/mol. The van der Waals surface area contributed by atoms with Gasteiger partial charge in [-0.1, -0.05) is 24.3 Å². The van der Waals surface area contributed by atoms with E-state index in [2.05, 4.69) is 4.98 Å². The highest BCUT2D eigenvalue weighted by Crippen LogP contribution is 2.31. The standard InChI is InChI=1S/C19H19NO3/c21-19-18-15-7-2-1-5-13(15)11-17(16(18)8-9-20-19)23-12-14-6-3-4-10-22-14/h1-2,5,7-9,11,14H,3-4,6,10,12H2,(H,20,21). The number of aromatic nitrogens is 1. The Bertz CT molecular complexity index is 894. The fraction of sp³-hybridized carbons (Fsp3) is 0.316. The lowest BCUT2D eigenvalue weighted by atomic mass is 10.0. The second-order valence-electron chi connectivity index (χ2n) is 5.99. The number of fused-ring (bicyclic) bond motifs is 3. The summed E-state index contributed by atoms with van der Waals surface area (Å²) in [6.07, 6.45) is 5.17. The molecule has 1 N–H and O–H groups in total. The Balaban J connectivity index is 1.78. The molecule has 1 aliphatic heterocycles. The Labute approximate surface area is 134 Å². The van der Waals surface area contributed by atoms with Gasteiger partial charge in [0.25, 0.3) is 5.56 Å². The van der Waals surface area contributed by atoms with Crippen LogP contribution in [0.2, 0.25) is 0 Å². The van der Waals surface area contributed by atoms with Gasteiger partial charge in [0, 0.05) is 18.2 Å². The van der Waals surface area contributed by atoms with Gasteiger partial charge in [-0.25, -0.2) is 0 Å². The van der Waals surface area contributed by atoms with Crippen LogP contribution < -0.4 is 10.3 Å². The predicted octanol–water partition coefficient (Wildman–Crippen LogP) is 3.63. The van der Waals surface area contributed by atoms with Crippen LogP contribution in [0.25, 0.3) is 21.5 Å². The number of pyridine rings is 1. The van der Waals surface area contributed by atoms with Gasteiger partial charge >= 0.3 is 0 Å². The fourth-order valence-electron chi connectivity index (χ4n) is 3.26. The minimum absolute atomic E-state index is 0.0851. The van der Waals surface area contributed by atoms with E-state index in [-0.39, 0.29) is 11.7 Å². The maximum Gasteiger partial charge on any atom is 0.256 e. The molecule has 1 unspecified atom stereocenters. The normalized spacial score (nSPS) is 18.3. The molecule has 0 saturated carbocycles. The van der Waals surface area contributed by atoms with Crippen LogP contribution in [0.5, 0.6) is 5.75 Å². The Morgan fingerprint density at radius 3 is 2.96 bits per heavy atom. The van der Waals surface area contributed by atoms with Crippen molar-refractivity contribution in [2.24, 2.45) is 0 Å². The van der Waals surface area contributed by atoms with Crippen molar-refractivity contribution < 1.29 is 9.47 Å². The number of nitrogens with one attached hydrogen (secondary N) is 1. The molecule has 1 fully saturated rings. The SMILES string of the molecule is O=c1[nH]ccc2c(OCC3CCCCO3)cc3ccccc3c12. The summed E-state index contributed by atoms with van der Waals surface area (Å²) in [5.74, 6) is 0.749. The highest BCUT2D eigenvalue weighted by molar-refractivity contribution is 6.09. The number of rotatable bonds is 3. The van der Waals surface area contributed by atoms with Gasteiger partial charge in [0.2, 0.25) is 0 Å². The van der Waals surface area contributed by atoms with E-state index in [4.69, 9.17) is 9.47 Å². The minimum atomic E-state index is -0.0851. The number of ether oxygens (including phenoxy) is 2. The van der Waals surface area contributed by atoms with Crippen LogP contribution in [0.15, 0.2) is 47.4 Å². The van der Waals surface area contributed by atoms with E-state index in [9.17, 15) is 4.79 Å². The van der Waals surface area contributed by atoms with E-state index in [1.54, 1.807) is 6.20 Å². The summed E-state index contributed by atoms with van der Waals surface area (Å²) in [4.78, 5) is 15.1. The van der Waals surface area contributed by atoms with Gasteiger partial charge < -0.3 is 14.5 Å². The van der Waals surface area contributed by atoms with Crippen molar-refractivity contribution in [3.05, 3.63) is 52.9 Å². The van der Waals surface area contributed by atoms with Crippen molar-refractivity contribution in [2.45, 2.75) is 25.4 Å². The topological polar surface area (TPSA) is 51.3 Å². The molecule has 1 aromatic heterocycles. The third-order valence-corrected chi connectivity index (χ3v) is 4.44. The first kappa shape index (κ1) is 14.3. The first-order valence-corrected chi connectivity index (χ1v) is 8.10. The second kappa shape index (κ2) is 6.05. The van der Waals surface area contributed by atoms with Gasteiger partial charge in [0.1, 0.15) is 12.4 Å². The van der Waals surface area contributed by atoms with E-state index in [1.165, 1.54) is 6.42 Å². The molecule has 1 aliphatic rings. The molecule has 0 spiro atoms. The second-order valence-corrected chi connectivity index (χ2v) is 5.99. The zero-order valence-corrected chi connectivity index (χ0v) is 12.9. The Morgan fingerprint density at radius 1 is 1.17 bits per heavy atom. The Hall–Kier alpha value is -2.33. The largest absolute Gasteiger partial charge is 0.490 e. The monoisotopic (exact) mass is 309 g/mol. The van der Waals surface area contributed by atoms with Crippen molar-refractivity contribution in [1.29, 1.82) is 0 Å². The van der Waals surface area contributed by atoms with Crippen LogP contribution in [0.3, 0.4) is 0 Å². The predicted molar refractivity (Wildman–Crippen MR) is 91.2 cm³/mol. The smallest absolute Gasteiger partial charge is 0.256 e.